The summed E-state index contributed by atoms with van der Waals surface area (Å²) in [6.45, 7) is -0.531. The van der Waals surface area contributed by atoms with Crippen LogP contribution in [0, 0.1) is 11.6 Å². The van der Waals surface area contributed by atoms with Gasteiger partial charge in [0.25, 0.3) is 0 Å². The number of anilines is 1. The van der Waals surface area contributed by atoms with Crippen molar-refractivity contribution in [2.45, 2.75) is 31.7 Å². The van der Waals surface area contributed by atoms with Crippen LogP contribution < -0.4 is 5.32 Å². The molecule has 0 aliphatic rings. The molecular weight excluding hydrogens is 523 g/mol. The van der Waals surface area contributed by atoms with Crippen molar-refractivity contribution in [3.8, 4) is 0 Å². The number of ether oxygens (including phenoxy) is 1. The first-order valence-electron chi connectivity index (χ1n) is 11.7. The van der Waals surface area contributed by atoms with E-state index in [1.54, 1.807) is 12.3 Å². The highest BCUT2D eigenvalue weighted by atomic mass is 31.2. The van der Waals surface area contributed by atoms with Gasteiger partial charge in [-0.3, -0.25) is 14.6 Å². The highest BCUT2D eigenvalue weighted by molar-refractivity contribution is 7.46. The van der Waals surface area contributed by atoms with Crippen LogP contribution in [0.4, 0.5) is 19.4 Å². The van der Waals surface area contributed by atoms with Gasteiger partial charge in [0.2, 0.25) is 5.91 Å². The van der Waals surface area contributed by atoms with E-state index in [4.69, 9.17) is 14.5 Å². The summed E-state index contributed by atoms with van der Waals surface area (Å²) in [6, 6.07) is 12.2. The fourth-order valence-corrected chi connectivity index (χ4v) is 4.09. The summed E-state index contributed by atoms with van der Waals surface area (Å²) in [6.07, 6.45) is 0.922. The minimum atomic E-state index is -4.66. The number of nitrogens with zero attached hydrogens (tertiary/aromatic N) is 2. The molecule has 10 nitrogen and oxygen atoms in total. The molecule has 3 aromatic rings. The molecule has 1 heterocycles. The van der Waals surface area contributed by atoms with E-state index in [0.717, 1.165) is 16.8 Å². The Hall–Kier alpha value is -3.44. The Balaban J connectivity index is 1.60. The number of halogens is 2. The molecule has 0 aliphatic heterocycles. The number of rotatable bonds is 12. The summed E-state index contributed by atoms with van der Waals surface area (Å²) in [4.78, 5) is 48.4. The molecular formula is C25H28F2N3O7P. The number of amides is 2. The molecule has 2 aromatic carbocycles. The van der Waals surface area contributed by atoms with E-state index in [2.05, 4.69) is 14.8 Å². The molecule has 0 saturated heterocycles. The van der Waals surface area contributed by atoms with Gasteiger partial charge in [-0.15, -0.1) is 0 Å². The Kier molecular flexibility index (Phi) is 10.3. The zero-order valence-electron chi connectivity index (χ0n) is 20.5. The molecule has 0 spiro atoms. The number of carbonyl (C=O) groups is 2. The number of hydrogen-bond donors (Lipinski definition) is 3. The van der Waals surface area contributed by atoms with Crippen molar-refractivity contribution in [3.63, 3.8) is 0 Å². The summed E-state index contributed by atoms with van der Waals surface area (Å²) in [5.41, 5.74) is 0.0526. The predicted molar refractivity (Wildman–Crippen MR) is 135 cm³/mol. The normalized spacial score (nSPS) is 12.2. The van der Waals surface area contributed by atoms with Crippen molar-refractivity contribution in [2.24, 2.45) is 0 Å². The topological polar surface area (TPSA) is 138 Å². The van der Waals surface area contributed by atoms with Crippen LogP contribution in [0.25, 0.3) is 10.8 Å². The van der Waals surface area contributed by atoms with E-state index >= 15 is 0 Å². The first-order chi connectivity index (χ1) is 18.0. The summed E-state index contributed by atoms with van der Waals surface area (Å²) >= 11 is 0. The Morgan fingerprint density at radius 2 is 1.87 bits per heavy atom. The average molecular weight is 551 g/mol. The highest BCUT2D eigenvalue weighted by Gasteiger charge is 2.23. The first kappa shape index (κ1) is 29.1. The van der Waals surface area contributed by atoms with Crippen LogP contribution >= 0.6 is 7.82 Å². The Labute approximate surface area is 217 Å². The molecule has 1 aromatic heterocycles. The lowest BCUT2D eigenvalue weighted by Crippen LogP contribution is -2.41. The van der Waals surface area contributed by atoms with Crippen molar-refractivity contribution in [3.05, 3.63) is 71.9 Å². The van der Waals surface area contributed by atoms with Crippen LogP contribution in [0.15, 0.2) is 54.7 Å². The van der Waals surface area contributed by atoms with Gasteiger partial charge in [0.15, 0.2) is 11.6 Å². The molecule has 38 heavy (non-hydrogen) atoms. The van der Waals surface area contributed by atoms with Gasteiger partial charge in [-0.2, -0.15) is 0 Å². The minimum absolute atomic E-state index is 0.0459. The minimum Gasteiger partial charge on any atom is -0.447 e. The molecule has 204 valence electrons. The molecule has 0 saturated carbocycles. The predicted octanol–water partition coefficient (Wildman–Crippen LogP) is 4.41. The Bertz CT molecular complexity index is 1320. The van der Waals surface area contributed by atoms with E-state index < -0.39 is 37.5 Å². The summed E-state index contributed by atoms with van der Waals surface area (Å²) in [7, 11) is -3.20. The third kappa shape index (κ3) is 8.84. The summed E-state index contributed by atoms with van der Waals surface area (Å²) in [5.74, 6) is -2.18. The highest BCUT2D eigenvalue weighted by Crippen LogP contribution is 2.35. The van der Waals surface area contributed by atoms with Crippen LogP contribution in [0.3, 0.4) is 0 Å². The maximum absolute atomic E-state index is 13.9. The third-order valence-electron chi connectivity index (χ3n) is 5.79. The Morgan fingerprint density at radius 3 is 2.61 bits per heavy atom. The summed E-state index contributed by atoms with van der Waals surface area (Å²) in [5, 5.41) is 4.28. The lowest BCUT2D eigenvalue weighted by molar-refractivity contribution is -0.133. The molecule has 3 N–H and O–H groups in total. The molecule has 13 heteroatoms. The van der Waals surface area contributed by atoms with Gasteiger partial charge in [-0.25, -0.2) is 23.1 Å². The number of nitrogens with one attached hydrogen (secondary N) is 1. The number of aromatic nitrogens is 1. The SMILES string of the molecule is CN(C(=O)CCc1cccc(F)c1F)[C@@H](CCCOP(=O)(O)O)COC(=O)Nc1cc2ccccc2cn1. The maximum Gasteiger partial charge on any atom is 0.469 e. The van der Waals surface area contributed by atoms with E-state index in [-0.39, 0.29) is 50.3 Å². The molecule has 3 rings (SSSR count). The van der Waals surface area contributed by atoms with Crippen LogP contribution in [0.2, 0.25) is 0 Å². The van der Waals surface area contributed by atoms with Crippen molar-refractivity contribution >= 4 is 36.4 Å². The van der Waals surface area contributed by atoms with Crippen LogP contribution in [-0.2, 0) is 25.0 Å². The largest absolute Gasteiger partial charge is 0.469 e. The molecule has 0 fully saturated rings. The monoisotopic (exact) mass is 551 g/mol. The van der Waals surface area contributed by atoms with Crippen molar-refractivity contribution in [2.75, 3.05) is 25.6 Å². The van der Waals surface area contributed by atoms with Crippen molar-refractivity contribution < 1.29 is 42.0 Å². The quantitative estimate of drug-likeness (QED) is 0.222. The maximum atomic E-state index is 13.9. The second-order valence-electron chi connectivity index (χ2n) is 8.48. The van der Waals surface area contributed by atoms with E-state index in [9.17, 15) is 22.9 Å². The number of hydrogen-bond acceptors (Lipinski definition) is 6. The van der Waals surface area contributed by atoms with E-state index in [1.165, 1.54) is 24.1 Å². The first-order valence-corrected chi connectivity index (χ1v) is 13.2. The fourth-order valence-electron chi connectivity index (χ4n) is 3.72. The number of aryl methyl sites for hydroxylation is 1. The smallest absolute Gasteiger partial charge is 0.447 e. The second-order valence-corrected chi connectivity index (χ2v) is 9.72. The zero-order chi connectivity index (χ0) is 27.7. The van der Waals surface area contributed by atoms with Gasteiger partial charge < -0.3 is 19.4 Å². The molecule has 0 bridgehead atoms. The molecule has 0 radical (unpaired) electrons. The number of likely N-dealkylation sites (N-methyl/N-ethyl adjacent to an activating group) is 1. The summed E-state index contributed by atoms with van der Waals surface area (Å²) < 4.78 is 48.1. The van der Waals surface area contributed by atoms with Gasteiger partial charge >= 0.3 is 13.9 Å². The standard InChI is InChI=1S/C25H28F2N3O7P/c1-30(23(31)12-11-17-8-4-10-21(26)24(17)27)20(9-5-13-37-38(33,34)35)16-36-25(32)29-22-14-18-6-2-3-7-19(18)15-28-22/h2-4,6-8,10,14-15,20H,5,9,11-13,16H2,1H3,(H,28,29,32)(H2,33,34,35)/t20-/m0/s1. The second kappa shape index (κ2) is 13.4. The number of phosphoric ester groups is 1. The fraction of sp³-hybridized carbons (Fsp3) is 0.320. The van der Waals surface area contributed by atoms with Crippen molar-refractivity contribution in [1.82, 2.24) is 9.88 Å². The lowest BCUT2D eigenvalue weighted by Gasteiger charge is -2.28. The molecule has 1 atom stereocenters. The number of phosphoric acid groups is 1. The van der Waals surface area contributed by atoms with Crippen LogP contribution in [0.1, 0.15) is 24.8 Å². The molecule has 0 aliphatic carbocycles. The van der Waals surface area contributed by atoms with Gasteiger partial charge in [0.05, 0.1) is 12.6 Å². The number of pyridine rings is 1. The zero-order valence-corrected chi connectivity index (χ0v) is 21.4. The number of fused-ring (bicyclic) bond motifs is 1. The van der Waals surface area contributed by atoms with E-state index in [0.29, 0.717) is 0 Å². The van der Waals surface area contributed by atoms with Crippen LogP contribution in [0.5, 0.6) is 0 Å². The molecule has 0 unspecified atom stereocenters. The van der Waals surface area contributed by atoms with Crippen molar-refractivity contribution in [1.29, 1.82) is 0 Å². The Morgan fingerprint density at radius 1 is 1.13 bits per heavy atom. The third-order valence-corrected chi connectivity index (χ3v) is 6.31. The molecule has 2 amide bonds. The van der Waals surface area contributed by atoms with Crippen LogP contribution in [-0.4, -0.2) is 58.0 Å². The number of carbonyl (C=O) groups excluding carboxylic acids is 2. The van der Waals surface area contributed by atoms with Gasteiger partial charge in [0.1, 0.15) is 12.4 Å². The van der Waals surface area contributed by atoms with Gasteiger partial charge in [0, 0.05) is 25.1 Å². The van der Waals surface area contributed by atoms with Gasteiger partial charge in [-0.05, 0) is 42.3 Å². The average Bonchev–Trinajstić information content (AvgIpc) is 2.87. The lowest BCUT2D eigenvalue weighted by atomic mass is 10.1. The van der Waals surface area contributed by atoms with Gasteiger partial charge in [-0.1, -0.05) is 36.4 Å². The number of benzene rings is 2. The van der Waals surface area contributed by atoms with E-state index in [1.807, 2.05) is 24.3 Å².